The summed E-state index contributed by atoms with van der Waals surface area (Å²) in [6.07, 6.45) is 0.680. The van der Waals surface area contributed by atoms with E-state index in [0.29, 0.717) is 13.0 Å². The van der Waals surface area contributed by atoms with E-state index in [4.69, 9.17) is 11.5 Å². The lowest BCUT2D eigenvalue weighted by Gasteiger charge is -2.06. The third kappa shape index (κ3) is 4.44. The smallest absolute Gasteiger partial charge is 0.240 e. The zero-order chi connectivity index (χ0) is 13.6. The minimum absolute atomic E-state index is 0.00220. The van der Waals surface area contributed by atoms with Gasteiger partial charge in [0.15, 0.2) is 0 Å². The molecular weight excluding hydrogens is 254 g/mol. The Hall–Kier alpha value is -1.44. The van der Waals surface area contributed by atoms with Gasteiger partial charge >= 0.3 is 0 Å². The molecule has 0 saturated carbocycles. The lowest BCUT2D eigenvalue weighted by molar-refractivity contribution is -0.117. The van der Waals surface area contributed by atoms with Crippen LogP contribution in [0.2, 0.25) is 0 Å². The summed E-state index contributed by atoms with van der Waals surface area (Å²) in [5, 5.41) is 0. The first-order valence-corrected chi connectivity index (χ1v) is 7.01. The van der Waals surface area contributed by atoms with Crippen molar-refractivity contribution in [3.8, 4) is 0 Å². The highest BCUT2D eigenvalue weighted by atomic mass is 32.2. The van der Waals surface area contributed by atoms with Crippen molar-refractivity contribution in [2.75, 3.05) is 13.1 Å². The zero-order valence-electron chi connectivity index (χ0n) is 9.93. The first-order valence-electron chi connectivity index (χ1n) is 5.52. The Labute approximate surface area is 106 Å². The highest BCUT2D eigenvalue weighted by Crippen LogP contribution is 2.10. The Bertz CT molecular complexity index is 497. The number of carbonyl (C=O) groups is 1. The Balaban J connectivity index is 2.69. The van der Waals surface area contributed by atoms with Gasteiger partial charge in [-0.25, -0.2) is 13.1 Å². The molecule has 1 aromatic rings. The molecule has 18 heavy (non-hydrogen) atoms. The molecule has 1 aromatic carbocycles. The number of amides is 1. The van der Waals surface area contributed by atoms with Crippen LogP contribution in [0.25, 0.3) is 0 Å². The largest absolute Gasteiger partial charge is 0.370 e. The molecule has 0 spiro atoms. The van der Waals surface area contributed by atoms with Crippen LogP contribution in [-0.4, -0.2) is 27.4 Å². The third-order valence-electron chi connectivity index (χ3n) is 2.33. The molecule has 100 valence electrons. The van der Waals surface area contributed by atoms with Crippen molar-refractivity contribution in [1.29, 1.82) is 0 Å². The molecule has 0 fully saturated rings. The van der Waals surface area contributed by atoms with Gasteiger partial charge in [0.2, 0.25) is 15.9 Å². The Morgan fingerprint density at radius 1 is 1.22 bits per heavy atom. The van der Waals surface area contributed by atoms with Crippen LogP contribution >= 0.6 is 0 Å². The Morgan fingerprint density at radius 3 is 2.33 bits per heavy atom. The fraction of sp³-hybridized carbons (Fsp3) is 0.364. The molecule has 0 aromatic heterocycles. The van der Waals surface area contributed by atoms with Gasteiger partial charge in [-0.1, -0.05) is 12.1 Å². The number of nitrogens with one attached hydrogen (secondary N) is 1. The molecule has 0 heterocycles. The molecule has 0 atom stereocenters. The Kier molecular flexibility index (Phi) is 5.26. The predicted octanol–water partition coefficient (Wildman–Crippen LogP) is -0.658. The van der Waals surface area contributed by atoms with Crippen molar-refractivity contribution in [2.45, 2.75) is 17.7 Å². The summed E-state index contributed by atoms with van der Waals surface area (Å²) in [5.41, 5.74) is 11.3. The number of primary amides is 1. The number of sulfonamides is 1. The highest BCUT2D eigenvalue weighted by molar-refractivity contribution is 7.89. The number of carbonyl (C=O) groups excluding carboxylic acids is 1. The van der Waals surface area contributed by atoms with Crippen molar-refractivity contribution in [1.82, 2.24) is 4.72 Å². The topological polar surface area (TPSA) is 115 Å². The summed E-state index contributed by atoms with van der Waals surface area (Å²) < 4.78 is 25.9. The molecule has 5 N–H and O–H groups in total. The van der Waals surface area contributed by atoms with E-state index in [0.717, 1.165) is 5.56 Å². The summed E-state index contributed by atoms with van der Waals surface area (Å²) in [4.78, 5) is 10.7. The van der Waals surface area contributed by atoms with Crippen molar-refractivity contribution in [2.24, 2.45) is 11.5 Å². The summed E-state index contributed by atoms with van der Waals surface area (Å²) in [6, 6.07) is 6.46. The van der Waals surface area contributed by atoms with Crippen LogP contribution in [-0.2, 0) is 21.2 Å². The van der Waals surface area contributed by atoms with Crippen LogP contribution in [0.5, 0.6) is 0 Å². The van der Waals surface area contributed by atoms with Gasteiger partial charge < -0.3 is 11.5 Å². The average Bonchev–Trinajstić information content (AvgIpc) is 2.29. The van der Waals surface area contributed by atoms with E-state index in [2.05, 4.69) is 4.72 Å². The third-order valence-corrected chi connectivity index (χ3v) is 3.81. The van der Waals surface area contributed by atoms with E-state index in [1.165, 1.54) is 12.1 Å². The average molecular weight is 271 g/mol. The Morgan fingerprint density at radius 2 is 1.83 bits per heavy atom. The number of rotatable bonds is 7. The highest BCUT2D eigenvalue weighted by Gasteiger charge is 2.13. The van der Waals surface area contributed by atoms with Crippen LogP contribution < -0.4 is 16.2 Å². The molecule has 0 aliphatic heterocycles. The van der Waals surface area contributed by atoms with Crippen molar-refractivity contribution >= 4 is 15.9 Å². The molecule has 0 unspecified atom stereocenters. The molecule has 0 aliphatic rings. The van der Waals surface area contributed by atoms with Gasteiger partial charge in [-0.15, -0.1) is 0 Å². The fourth-order valence-electron chi connectivity index (χ4n) is 1.39. The maximum Gasteiger partial charge on any atom is 0.240 e. The maximum atomic E-state index is 11.8. The summed E-state index contributed by atoms with van der Waals surface area (Å²) >= 11 is 0. The quantitative estimate of drug-likeness (QED) is 0.610. The van der Waals surface area contributed by atoms with E-state index in [-0.39, 0.29) is 17.9 Å². The van der Waals surface area contributed by atoms with Gasteiger partial charge in [0.05, 0.1) is 4.90 Å². The first kappa shape index (κ1) is 14.6. The minimum atomic E-state index is -3.58. The van der Waals surface area contributed by atoms with Gasteiger partial charge in [-0.3, -0.25) is 4.79 Å². The second kappa shape index (κ2) is 6.48. The molecule has 6 nitrogen and oxygen atoms in total. The predicted molar refractivity (Wildman–Crippen MR) is 68.2 cm³/mol. The zero-order valence-corrected chi connectivity index (χ0v) is 10.7. The number of nitrogens with two attached hydrogens (primary N) is 2. The molecule has 0 radical (unpaired) electrons. The van der Waals surface area contributed by atoms with E-state index < -0.39 is 15.9 Å². The fourth-order valence-corrected chi connectivity index (χ4v) is 2.43. The summed E-state index contributed by atoms with van der Waals surface area (Å²) in [5.74, 6) is -0.545. The van der Waals surface area contributed by atoms with Crippen molar-refractivity contribution in [3.63, 3.8) is 0 Å². The van der Waals surface area contributed by atoms with Crippen molar-refractivity contribution in [3.05, 3.63) is 29.8 Å². The molecular formula is C11H17N3O3S. The van der Waals surface area contributed by atoms with Gasteiger partial charge in [0, 0.05) is 13.0 Å². The number of hydrogen-bond acceptors (Lipinski definition) is 4. The minimum Gasteiger partial charge on any atom is -0.370 e. The summed E-state index contributed by atoms with van der Waals surface area (Å²) in [7, 11) is -3.58. The molecule has 1 rings (SSSR count). The van der Waals surface area contributed by atoms with E-state index in [1.807, 2.05) is 0 Å². The first-order chi connectivity index (χ1) is 8.45. The van der Waals surface area contributed by atoms with Gasteiger partial charge in [-0.2, -0.15) is 0 Å². The lowest BCUT2D eigenvalue weighted by Crippen LogP contribution is -2.28. The molecule has 0 saturated heterocycles. The van der Waals surface area contributed by atoms with Crippen LogP contribution in [0.3, 0.4) is 0 Å². The van der Waals surface area contributed by atoms with Crippen molar-refractivity contribution < 1.29 is 13.2 Å². The van der Waals surface area contributed by atoms with Gasteiger partial charge in [0.1, 0.15) is 0 Å². The lowest BCUT2D eigenvalue weighted by atomic mass is 10.2. The monoisotopic (exact) mass is 271 g/mol. The molecule has 7 heteroatoms. The van der Waals surface area contributed by atoms with Crippen LogP contribution in [0, 0.1) is 0 Å². The summed E-state index contributed by atoms with van der Waals surface area (Å²) in [6.45, 7) is 0.519. The van der Waals surface area contributed by atoms with E-state index >= 15 is 0 Å². The standard InChI is InChI=1S/C11H17N3O3S/c12-7-5-9-1-3-10(4-2-9)18(16,17)14-8-6-11(13)15/h1-4,14H,5-8,12H2,(H2,13,15). The van der Waals surface area contributed by atoms with Gasteiger partial charge in [-0.05, 0) is 30.7 Å². The molecule has 0 aliphatic carbocycles. The second-order valence-electron chi connectivity index (χ2n) is 3.80. The van der Waals surface area contributed by atoms with Gasteiger partial charge in [0.25, 0.3) is 0 Å². The molecule has 0 bridgehead atoms. The second-order valence-corrected chi connectivity index (χ2v) is 5.56. The molecule has 1 amide bonds. The number of hydrogen-bond donors (Lipinski definition) is 3. The maximum absolute atomic E-state index is 11.8. The number of benzene rings is 1. The van der Waals surface area contributed by atoms with Crippen LogP contribution in [0.15, 0.2) is 29.2 Å². The SMILES string of the molecule is NCCc1ccc(S(=O)(=O)NCCC(N)=O)cc1. The van der Waals surface area contributed by atoms with Crippen LogP contribution in [0.1, 0.15) is 12.0 Å². The normalized spacial score (nSPS) is 11.4. The van der Waals surface area contributed by atoms with E-state index in [1.54, 1.807) is 12.1 Å². The van der Waals surface area contributed by atoms with E-state index in [9.17, 15) is 13.2 Å². The van der Waals surface area contributed by atoms with Crippen LogP contribution in [0.4, 0.5) is 0 Å².